The van der Waals surface area contributed by atoms with Crippen LogP contribution in [0, 0.1) is 0 Å². The predicted octanol–water partition coefficient (Wildman–Crippen LogP) is 4.29. The average molecular weight is 270 g/mol. The Labute approximate surface area is 118 Å². The van der Waals surface area contributed by atoms with Crippen molar-refractivity contribution in [3.8, 4) is 0 Å². The Balaban J connectivity index is 1.80. The van der Waals surface area contributed by atoms with Gasteiger partial charge in [-0.25, -0.2) is 0 Å². The molecule has 0 aliphatic heterocycles. The van der Waals surface area contributed by atoms with Crippen molar-refractivity contribution in [2.24, 2.45) is 0 Å². The number of fused-ring (bicyclic) bond motifs is 1. The fourth-order valence-corrected chi connectivity index (χ4v) is 3.05. The van der Waals surface area contributed by atoms with Gasteiger partial charge in [-0.1, -0.05) is 6.07 Å². The highest BCUT2D eigenvalue weighted by atomic mass is 32.2. The van der Waals surface area contributed by atoms with E-state index in [1.807, 2.05) is 12.3 Å². The summed E-state index contributed by atoms with van der Waals surface area (Å²) in [4.78, 5) is 5.86. The first-order valence-corrected chi connectivity index (χ1v) is 7.93. The summed E-state index contributed by atoms with van der Waals surface area (Å²) >= 11 is 1.77. The summed E-state index contributed by atoms with van der Waals surface area (Å²) in [6.07, 6.45) is 7.56. The van der Waals surface area contributed by atoms with Gasteiger partial charge in [0.15, 0.2) is 0 Å². The first-order valence-electron chi connectivity index (χ1n) is 6.71. The summed E-state index contributed by atoms with van der Waals surface area (Å²) in [5.41, 5.74) is 3.80. The molecular formula is C16H18N2S. The molecule has 3 rings (SSSR count). The van der Waals surface area contributed by atoms with E-state index in [1.165, 1.54) is 28.3 Å². The Morgan fingerprint density at radius 2 is 2.05 bits per heavy atom. The Morgan fingerprint density at radius 3 is 2.84 bits per heavy atom. The molecule has 0 amide bonds. The molecule has 0 spiro atoms. The number of rotatable bonds is 3. The van der Waals surface area contributed by atoms with Crippen molar-refractivity contribution in [3.05, 3.63) is 53.9 Å². The first kappa shape index (κ1) is 12.5. The molecule has 1 unspecified atom stereocenters. The van der Waals surface area contributed by atoms with E-state index in [-0.39, 0.29) is 0 Å². The highest BCUT2D eigenvalue weighted by molar-refractivity contribution is 7.98. The molecule has 1 aromatic carbocycles. The fourth-order valence-electron chi connectivity index (χ4n) is 2.64. The van der Waals surface area contributed by atoms with Gasteiger partial charge < -0.3 is 5.32 Å². The standard InChI is InChI=1S/C16H18N2S/c1-19-14-9-7-13(8-10-14)18-15-6-2-4-12-5-3-11-17-16(12)15/h3,5,7-11,15,18H,2,4,6H2,1H3. The van der Waals surface area contributed by atoms with Gasteiger partial charge in [-0.2, -0.15) is 0 Å². The van der Waals surface area contributed by atoms with Gasteiger partial charge in [-0.05, 0) is 61.4 Å². The molecule has 1 aromatic heterocycles. The molecule has 98 valence electrons. The molecule has 0 bridgehead atoms. The number of aryl methyl sites for hydroxylation is 1. The van der Waals surface area contributed by atoms with E-state index < -0.39 is 0 Å². The monoisotopic (exact) mass is 270 g/mol. The van der Waals surface area contributed by atoms with Gasteiger partial charge in [-0.15, -0.1) is 11.8 Å². The molecule has 1 aliphatic carbocycles. The van der Waals surface area contributed by atoms with Crippen molar-refractivity contribution < 1.29 is 0 Å². The van der Waals surface area contributed by atoms with Crippen LogP contribution in [0.3, 0.4) is 0 Å². The maximum absolute atomic E-state index is 4.56. The molecule has 2 aromatic rings. The van der Waals surface area contributed by atoms with Gasteiger partial charge in [-0.3, -0.25) is 4.98 Å². The number of anilines is 1. The Morgan fingerprint density at radius 1 is 1.21 bits per heavy atom. The zero-order chi connectivity index (χ0) is 13.1. The SMILES string of the molecule is CSc1ccc(NC2CCCc3cccnc32)cc1. The summed E-state index contributed by atoms with van der Waals surface area (Å²) in [6, 6.07) is 13.2. The van der Waals surface area contributed by atoms with E-state index in [0.717, 1.165) is 12.8 Å². The van der Waals surface area contributed by atoms with Gasteiger partial charge in [0.1, 0.15) is 0 Å². The maximum atomic E-state index is 4.56. The lowest BCUT2D eigenvalue weighted by atomic mass is 9.92. The van der Waals surface area contributed by atoms with Crippen LogP contribution in [-0.2, 0) is 6.42 Å². The summed E-state index contributed by atoms with van der Waals surface area (Å²) in [7, 11) is 0. The molecule has 0 radical (unpaired) electrons. The highest BCUT2D eigenvalue weighted by Crippen LogP contribution is 2.31. The largest absolute Gasteiger partial charge is 0.377 e. The van der Waals surface area contributed by atoms with E-state index >= 15 is 0 Å². The van der Waals surface area contributed by atoms with E-state index in [9.17, 15) is 0 Å². The van der Waals surface area contributed by atoms with Crippen LogP contribution in [0.15, 0.2) is 47.5 Å². The average Bonchev–Trinajstić information content (AvgIpc) is 2.48. The number of hydrogen-bond donors (Lipinski definition) is 1. The van der Waals surface area contributed by atoms with Crippen molar-refractivity contribution in [1.29, 1.82) is 0 Å². The summed E-state index contributed by atoms with van der Waals surface area (Å²) in [5.74, 6) is 0. The van der Waals surface area contributed by atoms with E-state index in [4.69, 9.17) is 0 Å². The first-order chi connectivity index (χ1) is 9.36. The minimum absolute atomic E-state index is 0.352. The zero-order valence-corrected chi connectivity index (χ0v) is 11.9. The number of pyridine rings is 1. The smallest absolute Gasteiger partial charge is 0.0688 e. The van der Waals surface area contributed by atoms with Gasteiger partial charge in [0.25, 0.3) is 0 Å². The number of hydrogen-bond acceptors (Lipinski definition) is 3. The highest BCUT2D eigenvalue weighted by Gasteiger charge is 2.20. The van der Waals surface area contributed by atoms with Crippen LogP contribution in [0.2, 0.25) is 0 Å². The van der Waals surface area contributed by atoms with E-state index in [1.54, 1.807) is 11.8 Å². The molecule has 1 aliphatic rings. The second-order valence-corrected chi connectivity index (χ2v) is 5.75. The van der Waals surface area contributed by atoms with Crippen LogP contribution in [0.1, 0.15) is 30.1 Å². The van der Waals surface area contributed by atoms with Gasteiger partial charge in [0.05, 0.1) is 11.7 Å². The molecule has 1 N–H and O–H groups in total. The van der Waals surface area contributed by atoms with Crippen molar-refractivity contribution in [3.63, 3.8) is 0 Å². The van der Waals surface area contributed by atoms with Crippen molar-refractivity contribution in [1.82, 2.24) is 4.98 Å². The minimum atomic E-state index is 0.352. The maximum Gasteiger partial charge on any atom is 0.0688 e. The van der Waals surface area contributed by atoms with Gasteiger partial charge in [0.2, 0.25) is 0 Å². The Bertz CT molecular complexity index is 551. The summed E-state index contributed by atoms with van der Waals surface area (Å²) < 4.78 is 0. The second-order valence-electron chi connectivity index (χ2n) is 4.87. The molecule has 1 atom stereocenters. The topological polar surface area (TPSA) is 24.9 Å². The van der Waals surface area contributed by atoms with Crippen LogP contribution in [0.4, 0.5) is 5.69 Å². The lowest BCUT2D eigenvalue weighted by Crippen LogP contribution is -2.18. The van der Waals surface area contributed by atoms with Gasteiger partial charge >= 0.3 is 0 Å². The zero-order valence-electron chi connectivity index (χ0n) is 11.1. The van der Waals surface area contributed by atoms with Crippen LogP contribution >= 0.6 is 11.8 Å². The third-order valence-electron chi connectivity index (χ3n) is 3.63. The quantitative estimate of drug-likeness (QED) is 0.842. The van der Waals surface area contributed by atoms with Crippen LogP contribution in [0.5, 0.6) is 0 Å². The lowest BCUT2D eigenvalue weighted by Gasteiger charge is -2.26. The van der Waals surface area contributed by atoms with Gasteiger partial charge in [0, 0.05) is 16.8 Å². The number of thioether (sulfide) groups is 1. The Hall–Kier alpha value is -1.48. The van der Waals surface area contributed by atoms with Crippen molar-refractivity contribution in [2.45, 2.75) is 30.2 Å². The van der Waals surface area contributed by atoms with Crippen molar-refractivity contribution in [2.75, 3.05) is 11.6 Å². The van der Waals surface area contributed by atoms with Crippen LogP contribution < -0.4 is 5.32 Å². The normalized spacial score (nSPS) is 17.8. The molecule has 19 heavy (non-hydrogen) atoms. The van der Waals surface area contributed by atoms with Crippen molar-refractivity contribution >= 4 is 17.4 Å². The van der Waals surface area contributed by atoms with E-state index in [0.29, 0.717) is 6.04 Å². The summed E-state index contributed by atoms with van der Waals surface area (Å²) in [6.45, 7) is 0. The predicted molar refractivity (Wildman–Crippen MR) is 81.8 cm³/mol. The molecule has 2 nitrogen and oxygen atoms in total. The summed E-state index contributed by atoms with van der Waals surface area (Å²) in [5, 5.41) is 3.62. The fraction of sp³-hybridized carbons (Fsp3) is 0.312. The third-order valence-corrected chi connectivity index (χ3v) is 4.37. The number of nitrogens with zero attached hydrogens (tertiary/aromatic N) is 1. The molecule has 0 fully saturated rings. The lowest BCUT2D eigenvalue weighted by molar-refractivity contribution is 0.583. The molecule has 0 saturated heterocycles. The third kappa shape index (κ3) is 2.76. The minimum Gasteiger partial charge on any atom is -0.377 e. The number of benzene rings is 1. The molecule has 3 heteroatoms. The Kier molecular flexibility index (Phi) is 3.74. The molecular weight excluding hydrogens is 252 g/mol. The molecule has 0 saturated carbocycles. The van der Waals surface area contributed by atoms with E-state index in [2.05, 4.69) is 46.9 Å². The second kappa shape index (κ2) is 5.66. The number of aromatic nitrogens is 1. The molecule has 1 heterocycles. The van der Waals surface area contributed by atoms with Crippen LogP contribution in [0.25, 0.3) is 0 Å². The van der Waals surface area contributed by atoms with Crippen LogP contribution in [-0.4, -0.2) is 11.2 Å². The number of nitrogens with one attached hydrogen (secondary N) is 1.